The predicted molar refractivity (Wildman–Crippen MR) is 73.2 cm³/mol. The molecule has 0 aliphatic carbocycles. The van der Waals surface area contributed by atoms with Gasteiger partial charge in [0, 0.05) is 11.6 Å². The Hall–Kier alpha value is -1.66. The van der Waals surface area contributed by atoms with E-state index in [1.54, 1.807) is 26.0 Å². The Bertz CT molecular complexity index is 603. The molecule has 6 heteroatoms. The maximum atomic E-state index is 12.0. The molecular formula is C13H17NO4S. The molecule has 1 aromatic carbocycles. The molecule has 1 aromatic rings. The molecular weight excluding hydrogens is 266 g/mol. The molecule has 0 heterocycles. The van der Waals surface area contributed by atoms with Gasteiger partial charge in [0.05, 0.1) is 4.90 Å². The molecule has 0 aromatic heterocycles. The van der Waals surface area contributed by atoms with Crippen LogP contribution in [0.4, 0.5) is 0 Å². The Morgan fingerprint density at radius 1 is 1.37 bits per heavy atom. The van der Waals surface area contributed by atoms with E-state index in [-0.39, 0.29) is 16.5 Å². The number of nitrogens with one attached hydrogen (secondary N) is 1. The molecule has 0 spiro atoms. The van der Waals surface area contributed by atoms with E-state index >= 15 is 0 Å². The first-order valence-corrected chi connectivity index (χ1v) is 7.24. The zero-order chi connectivity index (χ0) is 14.6. The number of carboxylic acids is 1. The van der Waals surface area contributed by atoms with Crippen LogP contribution < -0.4 is 4.72 Å². The van der Waals surface area contributed by atoms with Crippen molar-refractivity contribution >= 4 is 22.1 Å². The van der Waals surface area contributed by atoms with Crippen molar-refractivity contribution in [2.45, 2.75) is 31.7 Å². The van der Waals surface area contributed by atoms with Crippen LogP contribution in [0.3, 0.4) is 0 Å². The van der Waals surface area contributed by atoms with E-state index < -0.39 is 16.0 Å². The smallest absolute Gasteiger partial charge is 0.331 e. The van der Waals surface area contributed by atoms with E-state index in [2.05, 4.69) is 4.72 Å². The maximum Gasteiger partial charge on any atom is 0.331 e. The van der Waals surface area contributed by atoms with Crippen LogP contribution >= 0.6 is 0 Å². The maximum absolute atomic E-state index is 12.0. The zero-order valence-corrected chi connectivity index (χ0v) is 11.9. The molecule has 104 valence electrons. The number of benzene rings is 1. The number of rotatable bonds is 5. The summed E-state index contributed by atoms with van der Waals surface area (Å²) in [6.45, 7) is 4.92. The minimum Gasteiger partial charge on any atom is -0.478 e. The van der Waals surface area contributed by atoms with Crippen molar-refractivity contribution in [3.8, 4) is 0 Å². The summed E-state index contributed by atoms with van der Waals surface area (Å²) < 4.78 is 26.4. The topological polar surface area (TPSA) is 83.5 Å². The van der Waals surface area contributed by atoms with Crippen LogP contribution in [0, 0.1) is 0 Å². The summed E-state index contributed by atoms with van der Waals surface area (Å²) in [6, 6.07) is 5.94. The molecule has 5 nitrogen and oxygen atoms in total. The first-order valence-electron chi connectivity index (χ1n) is 5.76. The predicted octanol–water partition coefficient (Wildman–Crippen LogP) is 1.86. The number of carboxylic acid groups (broad SMARTS) is 1. The summed E-state index contributed by atoms with van der Waals surface area (Å²) in [7, 11) is -3.56. The van der Waals surface area contributed by atoms with E-state index in [1.807, 2.05) is 0 Å². The van der Waals surface area contributed by atoms with Crippen LogP contribution in [-0.4, -0.2) is 25.5 Å². The van der Waals surface area contributed by atoms with E-state index in [1.165, 1.54) is 25.1 Å². The van der Waals surface area contributed by atoms with Gasteiger partial charge in [0.25, 0.3) is 0 Å². The third kappa shape index (κ3) is 4.50. The Morgan fingerprint density at radius 2 is 2.00 bits per heavy atom. The number of sulfonamides is 1. The molecule has 0 atom stereocenters. The lowest BCUT2D eigenvalue weighted by Gasteiger charge is -2.10. The number of carbonyl (C=O) groups is 1. The van der Waals surface area contributed by atoms with Crippen molar-refractivity contribution in [3.05, 3.63) is 35.4 Å². The summed E-state index contributed by atoms with van der Waals surface area (Å²) in [6.07, 6.45) is 1.43. The molecule has 0 saturated carbocycles. The summed E-state index contributed by atoms with van der Waals surface area (Å²) in [5.74, 6) is -1.03. The minimum absolute atomic E-state index is 0.119. The van der Waals surface area contributed by atoms with Crippen LogP contribution in [-0.2, 0) is 14.8 Å². The van der Waals surface area contributed by atoms with Crippen LogP contribution in [0.1, 0.15) is 26.3 Å². The normalized spacial score (nSPS) is 12.7. The molecule has 0 bridgehead atoms. The van der Waals surface area contributed by atoms with Gasteiger partial charge in [0.1, 0.15) is 0 Å². The van der Waals surface area contributed by atoms with Crippen molar-refractivity contribution in [2.24, 2.45) is 0 Å². The van der Waals surface area contributed by atoms with Gasteiger partial charge in [-0.3, -0.25) is 0 Å². The molecule has 19 heavy (non-hydrogen) atoms. The van der Waals surface area contributed by atoms with Crippen LogP contribution in [0.2, 0.25) is 0 Å². The van der Waals surface area contributed by atoms with Gasteiger partial charge in [-0.2, -0.15) is 0 Å². The van der Waals surface area contributed by atoms with Gasteiger partial charge in [-0.05, 0) is 44.5 Å². The molecule has 0 aliphatic heterocycles. The van der Waals surface area contributed by atoms with Crippen molar-refractivity contribution in [1.29, 1.82) is 0 Å². The van der Waals surface area contributed by atoms with Crippen molar-refractivity contribution < 1.29 is 18.3 Å². The van der Waals surface area contributed by atoms with Gasteiger partial charge in [0.15, 0.2) is 0 Å². The van der Waals surface area contributed by atoms with E-state index in [4.69, 9.17) is 5.11 Å². The average Bonchev–Trinajstić information content (AvgIpc) is 2.27. The molecule has 1 rings (SSSR count). The lowest BCUT2D eigenvalue weighted by Crippen LogP contribution is -2.30. The lowest BCUT2D eigenvalue weighted by molar-refractivity contribution is -0.132. The summed E-state index contributed by atoms with van der Waals surface area (Å²) >= 11 is 0. The van der Waals surface area contributed by atoms with Gasteiger partial charge in [-0.1, -0.05) is 12.1 Å². The largest absolute Gasteiger partial charge is 0.478 e. The molecule has 0 saturated heterocycles. The molecule has 2 N–H and O–H groups in total. The van der Waals surface area contributed by atoms with Crippen LogP contribution in [0.5, 0.6) is 0 Å². The highest BCUT2D eigenvalue weighted by atomic mass is 32.2. The van der Waals surface area contributed by atoms with Gasteiger partial charge in [-0.15, -0.1) is 0 Å². The summed E-state index contributed by atoms with van der Waals surface area (Å²) in [5, 5.41) is 8.79. The average molecular weight is 283 g/mol. The van der Waals surface area contributed by atoms with E-state index in [0.717, 1.165) is 0 Å². The van der Waals surface area contributed by atoms with Gasteiger partial charge in [0.2, 0.25) is 10.0 Å². The Kier molecular flexibility index (Phi) is 4.85. The quantitative estimate of drug-likeness (QED) is 0.808. The molecule has 0 unspecified atom stereocenters. The highest BCUT2D eigenvalue weighted by Crippen LogP contribution is 2.14. The van der Waals surface area contributed by atoms with Crippen LogP contribution in [0.15, 0.2) is 34.7 Å². The van der Waals surface area contributed by atoms with E-state index in [0.29, 0.717) is 5.56 Å². The van der Waals surface area contributed by atoms with Gasteiger partial charge < -0.3 is 5.11 Å². The minimum atomic E-state index is -3.56. The second-order valence-corrected chi connectivity index (χ2v) is 6.19. The van der Waals surface area contributed by atoms with Crippen LogP contribution in [0.25, 0.3) is 6.08 Å². The Balaban J connectivity index is 3.15. The zero-order valence-electron chi connectivity index (χ0n) is 11.0. The first-order chi connectivity index (χ1) is 8.72. The molecule has 0 fully saturated rings. The summed E-state index contributed by atoms with van der Waals surface area (Å²) in [5.41, 5.74) is 0.679. The monoisotopic (exact) mass is 283 g/mol. The highest BCUT2D eigenvalue weighted by Gasteiger charge is 2.15. The molecule has 0 radical (unpaired) electrons. The summed E-state index contributed by atoms with van der Waals surface area (Å²) in [4.78, 5) is 10.9. The van der Waals surface area contributed by atoms with E-state index in [9.17, 15) is 13.2 Å². The second kappa shape index (κ2) is 5.99. The van der Waals surface area contributed by atoms with Gasteiger partial charge >= 0.3 is 5.97 Å². The Morgan fingerprint density at radius 3 is 2.53 bits per heavy atom. The van der Waals surface area contributed by atoms with Crippen molar-refractivity contribution in [3.63, 3.8) is 0 Å². The standard InChI is InChI=1S/C13H17NO4S/c1-9(2)14-19(17,18)12-6-4-5-11(8-12)7-10(3)13(15)16/h4-9,14H,1-3H3,(H,15,16). The third-order valence-electron chi connectivity index (χ3n) is 2.28. The fraction of sp³-hybridized carbons (Fsp3) is 0.308. The lowest BCUT2D eigenvalue weighted by atomic mass is 10.1. The first kappa shape index (κ1) is 15.4. The SMILES string of the molecule is CC(=Cc1cccc(S(=O)(=O)NC(C)C)c1)C(=O)O. The van der Waals surface area contributed by atoms with Crippen molar-refractivity contribution in [2.75, 3.05) is 0 Å². The molecule has 0 amide bonds. The number of hydrogen-bond donors (Lipinski definition) is 2. The van der Waals surface area contributed by atoms with Gasteiger partial charge in [-0.25, -0.2) is 17.9 Å². The number of hydrogen-bond acceptors (Lipinski definition) is 3. The van der Waals surface area contributed by atoms with Crippen molar-refractivity contribution in [1.82, 2.24) is 4.72 Å². The Labute approximate surface area is 113 Å². The fourth-order valence-electron chi connectivity index (χ4n) is 1.46. The third-order valence-corrected chi connectivity index (χ3v) is 3.94. The number of aliphatic carboxylic acids is 1. The highest BCUT2D eigenvalue weighted by molar-refractivity contribution is 7.89. The molecule has 0 aliphatic rings. The second-order valence-electron chi connectivity index (χ2n) is 4.48. The fourth-order valence-corrected chi connectivity index (χ4v) is 2.77.